The van der Waals surface area contributed by atoms with Gasteiger partial charge in [-0.15, -0.1) is 0 Å². The molecule has 0 aliphatic heterocycles. The number of rotatable bonds is 9. The van der Waals surface area contributed by atoms with Gasteiger partial charge in [-0.2, -0.15) is 0 Å². The molecular formula is C20H18O4. The van der Waals surface area contributed by atoms with E-state index in [9.17, 15) is 19.2 Å². The third-order valence-corrected chi connectivity index (χ3v) is 3.57. The second-order valence-electron chi connectivity index (χ2n) is 5.51. The van der Waals surface area contributed by atoms with Crippen LogP contribution in [0, 0.1) is 0 Å². The highest BCUT2D eigenvalue weighted by molar-refractivity contribution is 6.12. The molecule has 0 spiro atoms. The molecule has 0 fully saturated rings. The van der Waals surface area contributed by atoms with Crippen LogP contribution in [0.5, 0.6) is 0 Å². The van der Waals surface area contributed by atoms with Gasteiger partial charge >= 0.3 is 0 Å². The molecule has 0 unspecified atom stereocenters. The Hall–Kier alpha value is -2.88. The lowest BCUT2D eigenvalue weighted by molar-refractivity contribution is -0.126. The largest absolute Gasteiger partial charge is 0.299 e. The fourth-order valence-electron chi connectivity index (χ4n) is 2.30. The lowest BCUT2D eigenvalue weighted by Gasteiger charge is -2.02. The number of carbonyl (C=O) groups is 4. The summed E-state index contributed by atoms with van der Waals surface area (Å²) in [5.41, 5.74) is 1.01. The number of carbonyl (C=O) groups excluding carboxylic acids is 4. The smallest absolute Gasteiger partial charge is 0.170 e. The van der Waals surface area contributed by atoms with Crippen LogP contribution in [0.25, 0.3) is 0 Å². The molecule has 4 heteroatoms. The number of hydrogen-bond donors (Lipinski definition) is 0. The Morgan fingerprint density at radius 3 is 1.58 bits per heavy atom. The molecule has 122 valence electrons. The molecule has 0 aromatic heterocycles. The molecule has 24 heavy (non-hydrogen) atoms. The molecule has 0 saturated carbocycles. The highest BCUT2D eigenvalue weighted by Crippen LogP contribution is 2.09. The van der Waals surface area contributed by atoms with E-state index in [0.29, 0.717) is 11.1 Å². The minimum absolute atomic E-state index is 0.0129. The summed E-state index contributed by atoms with van der Waals surface area (Å²) in [6.07, 6.45) is -0.509. The second-order valence-corrected chi connectivity index (χ2v) is 5.51. The minimum Gasteiger partial charge on any atom is -0.299 e. The Kier molecular flexibility index (Phi) is 6.32. The van der Waals surface area contributed by atoms with E-state index in [1.165, 1.54) is 0 Å². The van der Waals surface area contributed by atoms with Gasteiger partial charge in [0.15, 0.2) is 11.6 Å². The molecule has 0 N–H and O–H groups in total. The van der Waals surface area contributed by atoms with Crippen LogP contribution in [-0.4, -0.2) is 23.1 Å². The van der Waals surface area contributed by atoms with Crippen LogP contribution in [-0.2, 0) is 9.59 Å². The Balaban J connectivity index is 1.77. The maximum Gasteiger partial charge on any atom is 0.170 e. The zero-order valence-corrected chi connectivity index (χ0v) is 13.2. The molecule has 0 saturated heterocycles. The lowest BCUT2D eigenvalue weighted by Crippen LogP contribution is -2.13. The summed E-state index contributed by atoms with van der Waals surface area (Å²) in [6, 6.07) is 17.2. The summed E-state index contributed by atoms with van der Waals surface area (Å²) in [7, 11) is 0. The van der Waals surface area contributed by atoms with Crippen LogP contribution in [0.15, 0.2) is 60.7 Å². The normalized spacial score (nSPS) is 10.2. The van der Waals surface area contributed by atoms with E-state index in [4.69, 9.17) is 0 Å². The highest BCUT2D eigenvalue weighted by Gasteiger charge is 2.16. The fraction of sp³-hybridized carbons (Fsp3) is 0.200. The number of Topliss-reactive ketones (excluding diaryl/α,β-unsaturated/α-hetero) is 4. The highest BCUT2D eigenvalue weighted by atomic mass is 16.2. The molecule has 0 heterocycles. The second kappa shape index (κ2) is 8.67. The number of ketones is 4. The van der Waals surface area contributed by atoms with E-state index < -0.39 is 5.78 Å². The van der Waals surface area contributed by atoms with Crippen molar-refractivity contribution in [2.75, 3.05) is 0 Å². The molecule has 0 bridgehead atoms. The van der Waals surface area contributed by atoms with Gasteiger partial charge in [0.25, 0.3) is 0 Å². The lowest BCUT2D eigenvalue weighted by atomic mass is 10.00. The molecule has 0 atom stereocenters. The van der Waals surface area contributed by atoms with Crippen molar-refractivity contribution in [2.24, 2.45) is 0 Å². The topological polar surface area (TPSA) is 68.3 Å². The van der Waals surface area contributed by atoms with Gasteiger partial charge in [-0.1, -0.05) is 60.7 Å². The van der Waals surface area contributed by atoms with Crippen LogP contribution >= 0.6 is 0 Å². The van der Waals surface area contributed by atoms with Gasteiger partial charge in [-0.05, 0) is 0 Å². The van der Waals surface area contributed by atoms with Crippen molar-refractivity contribution in [1.29, 1.82) is 0 Å². The van der Waals surface area contributed by atoms with Gasteiger partial charge in [0, 0.05) is 24.0 Å². The monoisotopic (exact) mass is 322 g/mol. The molecular weight excluding hydrogens is 304 g/mol. The summed E-state index contributed by atoms with van der Waals surface area (Å²) in [4.78, 5) is 47.5. The van der Waals surface area contributed by atoms with Crippen molar-refractivity contribution in [3.8, 4) is 0 Å². The van der Waals surface area contributed by atoms with E-state index in [1.54, 1.807) is 54.6 Å². The van der Waals surface area contributed by atoms with Crippen molar-refractivity contribution < 1.29 is 19.2 Å². The average Bonchev–Trinajstić information content (AvgIpc) is 2.61. The van der Waals surface area contributed by atoms with Crippen molar-refractivity contribution in [2.45, 2.75) is 25.7 Å². The maximum atomic E-state index is 11.9. The number of benzene rings is 2. The van der Waals surface area contributed by atoms with Gasteiger partial charge < -0.3 is 0 Å². The molecule has 0 radical (unpaired) electrons. The molecule has 2 aromatic rings. The van der Waals surface area contributed by atoms with E-state index in [-0.39, 0.29) is 43.0 Å². The van der Waals surface area contributed by atoms with E-state index in [1.807, 2.05) is 6.07 Å². The fourth-order valence-corrected chi connectivity index (χ4v) is 2.30. The maximum absolute atomic E-state index is 11.9. The molecule has 0 aliphatic carbocycles. The Labute approximate surface area is 140 Å². The average molecular weight is 322 g/mol. The molecule has 0 amide bonds. The van der Waals surface area contributed by atoms with Crippen LogP contribution in [0.3, 0.4) is 0 Å². The Morgan fingerprint density at radius 2 is 1.04 bits per heavy atom. The van der Waals surface area contributed by atoms with Gasteiger partial charge in [0.05, 0.1) is 12.8 Å². The predicted octanol–water partition coefficient (Wildman–Crippen LogP) is 3.45. The molecule has 2 rings (SSSR count). The molecule has 4 nitrogen and oxygen atoms in total. The van der Waals surface area contributed by atoms with Crippen molar-refractivity contribution >= 4 is 23.1 Å². The minimum atomic E-state index is -0.416. The van der Waals surface area contributed by atoms with Crippen LogP contribution in [0.2, 0.25) is 0 Å². The Morgan fingerprint density at radius 1 is 0.542 bits per heavy atom. The summed E-state index contributed by atoms with van der Waals surface area (Å²) >= 11 is 0. The third-order valence-electron chi connectivity index (χ3n) is 3.57. The first-order valence-corrected chi connectivity index (χ1v) is 7.76. The third kappa shape index (κ3) is 5.39. The predicted molar refractivity (Wildman–Crippen MR) is 90.0 cm³/mol. The van der Waals surface area contributed by atoms with Gasteiger partial charge in [-0.25, -0.2) is 0 Å². The summed E-state index contributed by atoms with van der Waals surface area (Å²) in [5, 5.41) is 0. The first-order valence-electron chi connectivity index (χ1n) is 7.76. The van der Waals surface area contributed by atoms with Crippen molar-refractivity contribution in [3.05, 3.63) is 71.8 Å². The quantitative estimate of drug-likeness (QED) is 0.524. The zero-order chi connectivity index (χ0) is 17.4. The number of hydrogen-bond acceptors (Lipinski definition) is 4. The first-order chi connectivity index (χ1) is 11.6. The summed E-state index contributed by atoms with van der Waals surface area (Å²) in [6.45, 7) is 0. The zero-order valence-electron chi connectivity index (χ0n) is 13.2. The van der Waals surface area contributed by atoms with E-state index >= 15 is 0 Å². The Bertz CT molecular complexity index is 733. The van der Waals surface area contributed by atoms with Crippen LogP contribution in [0.1, 0.15) is 46.4 Å². The summed E-state index contributed by atoms with van der Waals surface area (Å²) in [5.74, 6) is -1.16. The van der Waals surface area contributed by atoms with Crippen molar-refractivity contribution in [1.82, 2.24) is 0 Å². The molecule has 2 aromatic carbocycles. The van der Waals surface area contributed by atoms with Gasteiger partial charge in [0.1, 0.15) is 11.6 Å². The van der Waals surface area contributed by atoms with Gasteiger partial charge in [0.2, 0.25) is 0 Å². The molecule has 0 aliphatic rings. The summed E-state index contributed by atoms with van der Waals surface area (Å²) < 4.78 is 0. The van der Waals surface area contributed by atoms with Crippen LogP contribution in [0.4, 0.5) is 0 Å². The van der Waals surface area contributed by atoms with E-state index in [0.717, 1.165) is 0 Å². The SMILES string of the molecule is O=C(CCC(=O)c1ccccc1)CC(=O)CC(=O)c1ccccc1. The first kappa shape index (κ1) is 17.5. The van der Waals surface area contributed by atoms with Crippen molar-refractivity contribution in [3.63, 3.8) is 0 Å². The van der Waals surface area contributed by atoms with E-state index in [2.05, 4.69) is 0 Å². The standard InChI is InChI=1S/C20H18O4/c21-17(11-12-19(23)15-7-3-1-4-8-15)13-18(22)14-20(24)16-9-5-2-6-10-16/h1-10H,11-14H2. The van der Waals surface area contributed by atoms with Crippen LogP contribution < -0.4 is 0 Å². The van der Waals surface area contributed by atoms with Gasteiger partial charge in [-0.3, -0.25) is 19.2 Å².